The van der Waals surface area contributed by atoms with Crippen molar-refractivity contribution < 1.29 is 9.53 Å². The summed E-state index contributed by atoms with van der Waals surface area (Å²) in [5.74, 6) is -0.372. The minimum atomic E-state index is -0.620. The predicted molar refractivity (Wildman–Crippen MR) is 56.2 cm³/mol. The second-order valence-electron chi connectivity index (χ2n) is 3.23. The largest absolute Gasteiger partial charge is 0.465 e. The first kappa shape index (κ1) is 11.7. The molecule has 0 saturated carbocycles. The first-order chi connectivity index (χ1) is 7.17. The van der Waals surface area contributed by atoms with Gasteiger partial charge < -0.3 is 10.5 Å². The van der Waals surface area contributed by atoms with Crippen LogP contribution in [0.4, 0.5) is 0 Å². The van der Waals surface area contributed by atoms with Crippen molar-refractivity contribution in [3.05, 3.63) is 18.0 Å². The van der Waals surface area contributed by atoms with Crippen molar-refractivity contribution >= 4 is 5.97 Å². The minimum absolute atomic E-state index is 0.357. The number of hydrogen-bond donors (Lipinski definition) is 1. The molecule has 1 aromatic heterocycles. The van der Waals surface area contributed by atoms with E-state index in [0.29, 0.717) is 13.0 Å². The number of hydrogen-bond acceptors (Lipinski definition) is 4. The maximum absolute atomic E-state index is 11.2. The lowest BCUT2D eigenvalue weighted by atomic mass is 10.2. The molecule has 0 aromatic carbocycles. The van der Waals surface area contributed by atoms with Crippen molar-refractivity contribution in [1.82, 2.24) is 9.78 Å². The molecule has 0 radical (unpaired) electrons. The molecule has 0 fully saturated rings. The molecule has 0 bridgehead atoms. The van der Waals surface area contributed by atoms with E-state index in [4.69, 9.17) is 10.5 Å². The SMILES string of the molecule is CCOC(=O)C(N)Cc1ccn(CC)n1. The summed E-state index contributed by atoms with van der Waals surface area (Å²) in [6.45, 7) is 4.93. The molecule has 0 saturated heterocycles. The Hall–Kier alpha value is -1.36. The molecule has 5 heteroatoms. The Balaban J connectivity index is 2.50. The van der Waals surface area contributed by atoms with Gasteiger partial charge in [-0.2, -0.15) is 5.10 Å². The van der Waals surface area contributed by atoms with Crippen LogP contribution in [-0.4, -0.2) is 28.4 Å². The van der Waals surface area contributed by atoms with Gasteiger partial charge in [0.15, 0.2) is 0 Å². The summed E-state index contributed by atoms with van der Waals surface area (Å²) in [5, 5.41) is 4.24. The van der Waals surface area contributed by atoms with Gasteiger partial charge in [0, 0.05) is 19.2 Å². The Kier molecular flexibility index (Phi) is 4.30. The Bertz CT molecular complexity index is 322. The highest BCUT2D eigenvalue weighted by Gasteiger charge is 2.16. The Labute approximate surface area is 89.2 Å². The van der Waals surface area contributed by atoms with Gasteiger partial charge in [-0.05, 0) is 19.9 Å². The van der Waals surface area contributed by atoms with Crippen molar-refractivity contribution in [2.24, 2.45) is 5.73 Å². The topological polar surface area (TPSA) is 70.1 Å². The number of aryl methyl sites for hydroxylation is 1. The van der Waals surface area contributed by atoms with E-state index in [1.807, 2.05) is 19.2 Å². The van der Waals surface area contributed by atoms with Crippen LogP contribution in [0.1, 0.15) is 19.5 Å². The number of aromatic nitrogens is 2. The Morgan fingerprint density at radius 2 is 2.40 bits per heavy atom. The maximum atomic E-state index is 11.2. The molecule has 1 heterocycles. The number of ether oxygens (including phenoxy) is 1. The van der Waals surface area contributed by atoms with E-state index in [9.17, 15) is 4.79 Å². The minimum Gasteiger partial charge on any atom is -0.465 e. The van der Waals surface area contributed by atoms with Crippen LogP contribution in [0.3, 0.4) is 0 Å². The summed E-state index contributed by atoms with van der Waals surface area (Å²) >= 11 is 0. The zero-order valence-electron chi connectivity index (χ0n) is 9.14. The first-order valence-corrected chi connectivity index (χ1v) is 5.11. The fraction of sp³-hybridized carbons (Fsp3) is 0.600. The lowest BCUT2D eigenvalue weighted by molar-refractivity contribution is -0.144. The van der Waals surface area contributed by atoms with Gasteiger partial charge in [-0.1, -0.05) is 0 Å². The maximum Gasteiger partial charge on any atom is 0.323 e. The van der Waals surface area contributed by atoms with Gasteiger partial charge in [0.2, 0.25) is 0 Å². The van der Waals surface area contributed by atoms with Gasteiger partial charge in [-0.3, -0.25) is 9.48 Å². The highest BCUT2D eigenvalue weighted by atomic mass is 16.5. The molecule has 5 nitrogen and oxygen atoms in total. The number of rotatable bonds is 5. The van der Waals surface area contributed by atoms with E-state index in [1.54, 1.807) is 11.6 Å². The van der Waals surface area contributed by atoms with Gasteiger partial charge in [-0.25, -0.2) is 0 Å². The van der Waals surface area contributed by atoms with Gasteiger partial charge in [0.05, 0.1) is 12.3 Å². The normalized spacial score (nSPS) is 12.5. The highest BCUT2D eigenvalue weighted by Crippen LogP contribution is 2.00. The van der Waals surface area contributed by atoms with Gasteiger partial charge in [-0.15, -0.1) is 0 Å². The number of carbonyl (C=O) groups is 1. The molecule has 1 aromatic rings. The average Bonchev–Trinajstić information content (AvgIpc) is 2.66. The number of nitrogens with two attached hydrogens (primary N) is 1. The summed E-state index contributed by atoms with van der Waals surface area (Å²) in [7, 11) is 0. The van der Waals surface area contributed by atoms with E-state index in [2.05, 4.69) is 5.10 Å². The monoisotopic (exact) mass is 211 g/mol. The Morgan fingerprint density at radius 3 is 2.93 bits per heavy atom. The summed E-state index contributed by atoms with van der Waals surface area (Å²) in [6.07, 6.45) is 2.29. The third-order valence-electron chi connectivity index (χ3n) is 2.04. The first-order valence-electron chi connectivity index (χ1n) is 5.11. The average molecular weight is 211 g/mol. The third kappa shape index (κ3) is 3.36. The molecule has 1 rings (SSSR count). The van der Waals surface area contributed by atoms with Crippen molar-refractivity contribution in [1.29, 1.82) is 0 Å². The summed E-state index contributed by atoms with van der Waals surface area (Å²) < 4.78 is 6.61. The van der Waals surface area contributed by atoms with Crippen LogP contribution in [0.15, 0.2) is 12.3 Å². The van der Waals surface area contributed by atoms with Crippen LogP contribution in [0.5, 0.6) is 0 Å². The summed E-state index contributed by atoms with van der Waals surface area (Å²) in [6, 6.07) is 1.24. The quantitative estimate of drug-likeness (QED) is 0.713. The standard InChI is InChI=1S/C10H17N3O2/c1-3-13-6-5-8(12-13)7-9(11)10(14)15-4-2/h5-6,9H,3-4,7,11H2,1-2H3. The van der Waals surface area contributed by atoms with E-state index < -0.39 is 6.04 Å². The highest BCUT2D eigenvalue weighted by molar-refractivity contribution is 5.75. The summed E-state index contributed by atoms with van der Waals surface area (Å²) in [5.41, 5.74) is 6.48. The molecule has 0 aliphatic carbocycles. The van der Waals surface area contributed by atoms with Crippen LogP contribution < -0.4 is 5.73 Å². The lowest BCUT2D eigenvalue weighted by Gasteiger charge is -2.08. The number of nitrogens with zero attached hydrogens (tertiary/aromatic N) is 2. The van der Waals surface area contributed by atoms with Crippen LogP contribution in [-0.2, 0) is 22.5 Å². The summed E-state index contributed by atoms with van der Waals surface area (Å²) in [4.78, 5) is 11.2. The van der Waals surface area contributed by atoms with E-state index in [0.717, 1.165) is 12.2 Å². The molecular weight excluding hydrogens is 194 g/mol. The second kappa shape index (κ2) is 5.50. The lowest BCUT2D eigenvalue weighted by Crippen LogP contribution is -2.34. The third-order valence-corrected chi connectivity index (χ3v) is 2.04. The van der Waals surface area contributed by atoms with Gasteiger partial charge in [0.25, 0.3) is 0 Å². The molecule has 0 aliphatic heterocycles. The number of esters is 1. The van der Waals surface area contributed by atoms with Crippen LogP contribution in [0.25, 0.3) is 0 Å². The van der Waals surface area contributed by atoms with E-state index in [-0.39, 0.29) is 5.97 Å². The van der Waals surface area contributed by atoms with Crippen molar-refractivity contribution in [3.63, 3.8) is 0 Å². The van der Waals surface area contributed by atoms with E-state index >= 15 is 0 Å². The van der Waals surface area contributed by atoms with E-state index in [1.165, 1.54) is 0 Å². The van der Waals surface area contributed by atoms with Crippen LogP contribution in [0.2, 0.25) is 0 Å². The van der Waals surface area contributed by atoms with Crippen molar-refractivity contribution in [2.75, 3.05) is 6.61 Å². The predicted octanol–water partition coefficient (Wildman–Crippen LogP) is 0.336. The molecule has 1 unspecified atom stereocenters. The fourth-order valence-electron chi connectivity index (χ4n) is 1.25. The fourth-order valence-corrected chi connectivity index (χ4v) is 1.25. The molecule has 15 heavy (non-hydrogen) atoms. The zero-order chi connectivity index (χ0) is 11.3. The smallest absolute Gasteiger partial charge is 0.323 e. The number of carbonyl (C=O) groups excluding carboxylic acids is 1. The zero-order valence-corrected chi connectivity index (χ0v) is 9.14. The Morgan fingerprint density at radius 1 is 1.67 bits per heavy atom. The van der Waals surface area contributed by atoms with Crippen molar-refractivity contribution in [2.45, 2.75) is 32.9 Å². The molecular formula is C10H17N3O2. The van der Waals surface area contributed by atoms with Crippen molar-refractivity contribution in [3.8, 4) is 0 Å². The van der Waals surface area contributed by atoms with Gasteiger partial charge in [0.1, 0.15) is 6.04 Å². The molecule has 0 amide bonds. The second-order valence-corrected chi connectivity index (χ2v) is 3.23. The molecule has 0 aliphatic rings. The van der Waals surface area contributed by atoms with Gasteiger partial charge >= 0.3 is 5.97 Å². The molecule has 84 valence electrons. The molecule has 0 spiro atoms. The molecule has 2 N–H and O–H groups in total. The van der Waals surface area contributed by atoms with Crippen LogP contribution >= 0.6 is 0 Å². The van der Waals surface area contributed by atoms with Crippen LogP contribution in [0, 0.1) is 0 Å². The molecule has 1 atom stereocenters.